The Morgan fingerprint density at radius 2 is 1.68 bits per heavy atom. The largest absolute Gasteiger partial charge is 0.497 e. The van der Waals surface area contributed by atoms with Crippen LogP contribution in [0.2, 0.25) is 0 Å². The Bertz CT molecular complexity index is 1610. The van der Waals surface area contributed by atoms with E-state index in [2.05, 4.69) is 5.32 Å². The summed E-state index contributed by atoms with van der Waals surface area (Å²) in [5.74, 6) is 0.245. The first-order chi connectivity index (χ1) is 18.0. The molecule has 0 aliphatic heterocycles. The SMILES string of the molecule is COc1cccc(-c2nn(Cc3ccccc3)cc2C(=O)Nc2c(C)n(C)n(-c3ccccc3)c2=O)c1. The molecule has 0 unspecified atom stereocenters. The average Bonchev–Trinajstić information content (AvgIpc) is 3.44. The van der Waals surface area contributed by atoms with Crippen LogP contribution in [-0.4, -0.2) is 32.2 Å². The van der Waals surface area contributed by atoms with Crippen LogP contribution in [0.25, 0.3) is 16.9 Å². The number of rotatable bonds is 7. The van der Waals surface area contributed by atoms with Crippen LogP contribution in [-0.2, 0) is 13.6 Å². The fraction of sp³-hybridized carbons (Fsp3) is 0.138. The normalized spacial score (nSPS) is 10.9. The molecular formula is C29H27N5O3. The predicted octanol–water partition coefficient (Wildman–Crippen LogP) is 4.66. The molecule has 1 N–H and O–H groups in total. The lowest BCUT2D eigenvalue weighted by Gasteiger charge is -2.07. The van der Waals surface area contributed by atoms with Gasteiger partial charge in [-0.15, -0.1) is 0 Å². The summed E-state index contributed by atoms with van der Waals surface area (Å²) in [5, 5.41) is 7.60. The minimum atomic E-state index is -0.414. The highest BCUT2D eigenvalue weighted by Crippen LogP contribution is 2.27. The van der Waals surface area contributed by atoms with Crippen LogP contribution in [0.1, 0.15) is 21.6 Å². The molecule has 0 fully saturated rings. The van der Waals surface area contributed by atoms with Gasteiger partial charge in [-0.2, -0.15) is 5.10 Å². The smallest absolute Gasteiger partial charge is 0.295 e. The molecule has 0 aliphatic carbocycles. The number of hydrogen-bond acceptors (Lipinski definition) is 4. The average molecular weight is 494 g/mol. The molecular weight excluding hydrogens is 466 g/mol. The summed E-state index contributed by atoms with van der Waals surface area (Å²) in [6.45, 7) is 2.30. The number of ether oxygens (including phenoxy) is 1. The first-order valence-corrected chi connectivity index (χ1v) is 11.9. The third-order valence-electron chi connectivity index (χ3n) is 6.33. The monoisotopic (exact) mass is 493 g/mol. The van der Waals surface area contributed by atoms with Crippen LogP contribution >= 0.6 is 0 Å². The number of nitrogens with zero attached hydrogens (tertiary/aromatic N) is 4. The molecule has 186 valence electrons. The standard InChI is InChI=1S/C29H27N5O3/c1-20-26(29(36)34(32(20)2)23-14-8-5-9-15-23)30-28(35)25-19-33(18-21-11-6-4-7-12-21)31-27(25)22-13-10-16-24(17-22)37-3/h4-17,19H,18H2,1-3H3,(H,30,35). The van der Waals surface area contributed by atoms with Gasteiger partial charge in [0.2, 0.25) is 0 Å². The van der Waals surface area contributed by atoms with E-state index in [1.807, 2.05) is 84.9 Å². The zero-order valence-corrected chi connectivity index (χ0v) is 20.9. The molecule has 1 amide bonds. The predicted molar refractivity (Wildman–Crippen MR) is 143 cm³/mol. The molecule has 37 heavy (non-hydrogen) atoms. The number of para-hydroxylation sites is 1. The number of aromatic nitrogens is 4. The highest BCUT2D eigenvalue weighted by atomic mass is 16.5. The molecule has 0 bridgehead atoms. The van der Waals surface area contributed by atoms with E-state index in [1.54, 1.807) is 36.6 Å². The molecule has 5 aromatic rings. The van der Waals surface area contributed by atoms with Crippen molar-refractivity contribution in [3.63, 3.8) is 0 Å². The Hall–Kier alpha value is -4.85. The third-order valence-corrected chi connectivity index (χ3v) is 6.33. The first-order valence-electron chi connectivity index (χ1n) is 11.9. The molecule has 8 nitrogen and oxygen atoms in total. The number of anilines is 1. The Kier molecular flexibility index (Phi) is 6.47. The van der Waals surface area contributed by atoms with Crippen LogP contribution in [0.3, 0.4) is 0 Å². The van der Waals surface area contributed by atoms with E-state index in [-0.39, 0.29) is 11.2 Å². The number of carbonyl (C=O) groups excluding carboxylic acids is 1. The zero-order valence-electron chi connectivity index (χ0n) is 20.9. The summed E-state index contributed by atoms with van der Waals surface area (Å²) in [4.78, 5) is 27.0. The maximum atomic E-state index is 13.6. The molecule has 0 saturated carbocycles. The topological polar surface area (TPSA) is 83.1 Å². The van der Waals surface area contributed by atoms with Crippen LogP contribution in [0.15, 0.2) is 95.9 Å². The number of carbonyl (C=O) groups is 1. The number of benzene rings is 3. The summed E-state index contributed by atoms with van der Waals surface area (Å²) in [5.41, 5.74) is 3.93. The first kappa shape index (κ1) is 23.9. The second kappa shape index (κ2) is 10.0. The van der Waals surface area contributed by atoms with E-state index < -0.39 is 5.91 Å². The lowest BCUT2D eigenvalue weighted by molar-refractivity contribution is 0.102. The summed E-state index contributed by atoms with van der Waals surface area (Å²) >= 11 is 0. The maximum Gasteiger partial charge on any atom is 0.295 e. The fourth-order valence-corrected chi connectivity index (χ4v) is 4.32. The van der Waals surface area contributed by atoms with Crippen molar-refractivity contribution < 1.29 is 9.53 Å². The lowest BCUT2D eigenvalue weighted by atomic mass is 10.1. The van der Waals surface area contributed by atoms with E-state index in [4.69, 9.17) is 9.84 Å². The van der Waals surface area contributed by atoms with E-state index in [1.165, 1.54) is 4.68 Å². The molecule has 0 spiro atoms. The van der Waals surface area contributed by atoms with Crippen molar-refractivity contribution in [3.05, 3.63) is 118 Å². The third kappa shape index (κ3) is 4.69. The van der Waals surface area contributed by atoms with Crippen LogP contribution < -0.4 is 15.6 Å². The molecule has 2 aromatic heterocycles. The fourth-order valence-electron chi connectivity index (χ4n) is 4.32. The minimum Gasteiger partial charge on any atom is -0.497 e. The van der Waals surface area contributed by atoms with Gasteiger partial charge in [0, 0.05) is 18.8 Å². The second-order valence-electron chi connectivity index (χ2n) is 8.70. The molecule has 0 saturated heterocycles. The number of methoxy groups -OCH3 is 1. The van der Waals surface area contributed by atoms with Crippen molar-refractivity contribution in [3.8, 4) is 22.7 Å². The summed E-state index contributed by atoms with van der Waals surface area (Å²) in [7, 11) is 3.38. The summed E-state index contributed by atoms with van der Waals surface area (Å²) in [6, 6.07) is 26.6. The van der Waals surface area contributed by atoms with Gasteiger partial charge in [-0.05, 0) is 36.8 Å². The number of nitrogens with one attached hydrogen (secondary N) is 1. The van der Waals surface area contributed by atoms with Gasteiger partial charge in [-0.25, -0.2) is 4.68 Å². The Balaban J connectivity index is 1.55. The van der Waals surface area contributed by atoms with Crippen molar-refractivity contribution in [1.29, 1.82) is 0 Å². The van der Waals surface area contributed by atoms with E-state index in [9.17, 15) is 9.59 Å². The summed E-state index contributed by atoms with van der Waals surface area (Å²) in [6.07, 6.45) is 1.71. The number of amides is 1. The van der Waals surface area contributed by atoms with Gasteiger partial charge in [-0.3, -0.25) is 19.0 Å². The van der Waals surface area contributed by atoms with Gasteiger partial charge in [0.15, 0.2) is 0 Å². The molecule has 0 atom stereocenters. The van der Waals surface area contributed by atoms with Crippen molar-refractivity contribution in [2.75, 3.05) is 12.4 Å². The summed E-state index contributed by atoms with van der Waals surface area (Å²) < 4.78 is 10.4. The van der Waals surface area contributed by atoms with Crippen LogP contribution in [0, 0.1) is 6.92 Å². The highest BCUT2D eigenvalue weighted by molar-refractivity contribution is 6.08. The van der Waals surface area contributed by atoms with Gasteiger partial charge in [0.25, 0.3) is 11.5 Å². The van der Waals surface area contributed by atoms with E-state index in [0.717, 1.165) is 11.1 Å². The van der Waals surface area contributed by atoms with Crippen LogP contribution in [0.5, 0.6) is 5.75 Å². The van der Waals surface area contributed by atoms with Gasteiger partial charge in [0.1, 0.15) is 17.1 Å². The zero-order chi connectivity index (χ0) is 25.9. The molecule has 5 rings (SSSR count). The lowest BCUT2D eigenvalue weighted by Crippen LogP contribution is -2.23. The molecule has 3 aromatic carbocycles. The number of hydrogen-bond donors (Lipinski definition) is 1. The second-order valence-corrected chi connectivity index (χ2v) is 8.70. The Labute approximate surface area is 214 Å². The maximum absolute atomic E-state index is 13.6. The molecule has 0 aliphatic rings. The van der Waals surface area contributed by atoms with Crippen molar-refractivity contribution in [2.24, 2.45) is 7.05 Å². The van der Waals surface area contributed by atoms with Crippen molar-refractivity contribution in [2.45, 2.75) is 13.5 Å². The van der Waals surface area contributed by atoms with Crippen molar-refractivity contribution >= 4 is 11.6 Å². The Morgan fingerprint density at radius 1 is 0.973 bits per heavy atom. The molecule has 8 heteroatoms. The highest BCUT2D eigenvalue weighted by Gasteiger charge is 2.23. The van der Waals surface area contributed by atoms with Gasteiger partial charge in [0.05, 0.1) is 30.6 Å². The quantitative estimate of drug-likeness (QED) is 0.358. The van der Waals surface area contributed by atoms with Crippen LogP contribution in [0.4, 0.5) is 5.69 Å². The van der Waals surface area contributed by atoms with E-state index in [0.29, 0.717) is 34.9 Å². The molecule has 2 heterocycles. The van der Waals surface area contributed by atoms with Gasteiger partial charge in [-0.1, -0.05) is 60.7 Å². The van der Waals surface area contributed by atoms with Gasteiger partial charge < -0.3 is 10.1 Å². The van der Waals surface area contributed by atoms with Gasteiger partial charge >= 0.3 is 0 Å². The van der Waals surface area contributed by atoms with Crippen molar-refractivity contribution in [1.82, 2.24) is 19.1 Å². The molecule has 0 radical (unpaired) electrons. The Morgan fingerprint density at radius 3 is 2.38 bits per heavy atom. The minimum absolute atomic E-state index is 0.226. The van der Waals surface area contributed by atoms with E-state index >= 15 is 0 Å².